The number of aromatic nitrogens is 9. The smallest absolute Gasteiger partial charge is 0.411 e. The Hall–Kier alpha value is -10.2. The highest BCUT2D eigenvalue weighted by Crippen LogP contribution is 2.42. The van der Waals surface area contributed by atoms with Crippen molar-refractivity contribution in [3.63, 3.8) is 0 Å². The number of fused-ring (bicyclic) bond motifs is 3. The van der Waals surface area contributed by atoms with E-state index in [1.807, 2.05) is 160 Å². The fourth-order valence-electron chi connectivity index (χ4n) is 16.3. The minimum absolute atomic E-state index is 0.0263. The maximum Gasteiger partial charge on any atom is 0.411 e. The fraction of sp³-hybridized carbons (Fsp3) is 0.591. The number of halogens is 6. The van der Waals surface area contributed by atoms with Crippen LogP contribution in [-0.4, -0.2) is 278 Å². The highest BCUT2D eigenvalue weighted by molar-refractivity contribution is 5.87. The molecule has 4 N–H and O–H groups in total. The summed E-state index contributed by atoms with van der Waals surface area (Å²) in [6.07, 6.45) is -4.05. The third kappa shape index (κ3) is 25.8. The molecule has 0 spiro atoms. The van der Waals surface area contributed by atoms with Gasteiger partial charge >= 0.3 is 30.6 Å². The Labute approximate surface area is 727 Å². The van der Waals surface area contributed by atoms with Gasteiger partial charge in [0.2, 0.25) is 0 Å². The molecule has 32 nitrogen and oxygen atoms in total. The first-order chi connectivity index (χ1) is 60.5. The van der Waals surface area contributed by atoms with Crippen LogP contribution in [0.2, 0.25) is 0 Å². The number of methoxy groups -OCH3 is 3. The number of nitrogens with zero attached hydrogens (tertiary/aromatic N) is 14. The second kappa shape index (κ2) is 44.0. The highest BCUT2D eigenvalue weighted by Gasteiger charge is 2.47. The number of benzene rings is 2. The van der Waals surface area contributed by atoms with E-state index in [1.165, 1.54) is 21.3 Å². The topological polar surface area (TPSA) is 341 Å². The second-order valence-corrected chi connectivity index (χ2v) is 33.1. The lowest BCUT2D eigenvalue weighted by molar-refractivity contribution is -0.185. The lowest BCUT2D eigenvalue weighted by atomic mass is 9.98. The molecule has 6 fully saturated rings. The third-order valence-electron chi connectivity index (χ3n) is 23.2. The molecular weight excluding hydrogens is 1650 g/mol. The van der Waals surface area contributed by atoms with Gasteiger partial charge in [0, 0.05) is 123 Å². The number of carbonyl (C=O) groups excluding carboxylic acids is 6. The highest BCUT2D eigenvalue weighted by atomic mass is 19.4. The Balaban J connectivity index is 0.000000173. The Morgan fingerprint density at radius 2 is 0.802 bits per heavy atom. The molecule has 14 rings (SSSR count). The zero-order valence-electron chi connectivity index (χ0n) is 72.9. The van der Waals surface area contributed by atoms with Crippen LogP contribution < -0.4 is 16.0 Å². The van der Waals surface area contributed by atoms with Crippen molar-refractivity contribution in [2.45, 2.75) is 224 Å². The van der Waals surface area contributed by atoms with Crippen LogP contribution in [0.3, 0.4) is 0 Å². The number of hydrogen-bond acceptors (Lipinski definition) is 23. The van der Waals surface area contributed by atoms with E-state index in [-0.39, 0.29) is 106 Å². The Morgan fingerprint density at radius 3 is 1.13 bits per heavy atom. The van der Waals surface area contributed by atoms with Crippen LogP contribution in [0.15, 0.2) is 97.1 Å². The molecule has 3 aliphatic carbocycles. The molecule has 0 bridgehead atoms. The van der Waals surface area contributed by atoms with E-state index in [1.54, 1.807) is 0 Å². The van der Waals surface area contributed by atoms with Crippen LogP contribution >= 0.6 is 0 Å². The monoisotopic (exact) mass is 1770 g/mol. The number of aryl methyl sites for hydroxylation is 6. The van der Waals surface area contributed by atoms with Gasteiger partial charge in [-0.2, -0.15) is 41.6 Å². The molecule has 9 heterocycles. The zero-order chi connectivity index (χ0) is 89.9. The number of carbonyl (C=O) groups is 6. The average Bonchev–Trinajstić information content (AvgIpc) is 1.62. The van der Waals surface area contributed by atoms with Crippen LogP contribution in [0.1, 0.15) is 155 Å². The van der Waals surface area contributed by atoms with Gasteiger partial charge in [0.1, 0.15) is 31.5 Å². The van der Waals surface area contributed by atoms with E-state index >= 15 is 0 Å². The molecule has 6 aliphatic rings. The van der Waals surface area contributed by atoms with Crippen molar-refractivity contribution in [1.82, 2.24) is 84.7 Å². The van der Waals surface area contributed by atoms with E-state index in [9.17, 15) is 60.2 Å². The standard InChI is InChI=1S/C32H41F3N6O5.C30H40N6O5.C26H36F3N5O5/c1-21-10-13-26-28(38-40(29(26)37-21)15-7-14-36-31(43)44-3)22(2)41(24-11-12-24)30(42)27-17-39(16-23-8-5-4-6-9-23)25(19-46-27)18-45-20-32(33,34)35;1-20-10-13-25-27(33-35(28(25)32-20)15-7-14-31-30(39)40-3)21(2)36(23-11-12-23)29(38)26-17-34(24(18-37)19-41-26)16-22-8-5-4-6-9-22;1-16-5-9-20-22(32-33(23(20)31-16)12-4-11-30-25(36)37-3)17(2)34(19-7-8-19)24(35)21-10-6-18(14-39-21)13-38-15-26(27,28)29/h4-6,8-10,13,22,24-25,27H,7,11-12,14-20H2,1-3H3,(H,36,43);4-6,8-10,13,21,23-24,26,37H,7,11-12,14-19H2,1-3H3,(H,31,39);5,9,17-19,21H,4,6-8,10-15H2,1-3H3,(H,30,36)/t22-,25+,27-;21-,24+,26-;17-,18+,21-/m111/s1. The summed E-state index contributed by atoms with van der Waals surface area (Å²) in [7, 11) is 3.97. The average molecular weight is 1770 g/mol. The predicted octanol–water partition coefficient (Wildman–Crippen LogP) is 11.1. The molecule has 6 aromatic heterocycles. The van der Waals surface area contributed by atoms with Crippen molar-refractivity contribution in [2.24, 2.45) is 5.92 Å². The normalized spacial score (nSPS) is 20.1. The van der Waals surface area contributed by atoms with Crippen molar-refractivity contribution >= 4 is 69.1 Å². The molecule has 38 heteroatoms. The number of nitrogens with one attached hydrogen (secondary N) is 3. The van der Waals surface area contributed by atoms with Gasteiger partial charge in [0.25, 0.3) is 17.7 Å². The van der Waals surface area contributed by atoms with Crippen molar-refractivity contribution in [1.29, 1.82) is 0 Å². The Morgan fingerprint density at radius 1 is 0.460 bits per heavy atom. The molecule has 9 atom stereocenters. The number of hydrogen-bond donors (Lipinski definition) is 4. The van der Waals surface area contributed by atoms with Gasteiger partial charge < -0.3 is 73.7 Å². The van der Waals surface area contributed by atoms with Gasteiger partial charge in [0.05, 0.1) is 108 Å². The fourth-order valence-corrected chi connectivity index (χ4v) is 16.3. The number of amides is 6. The molecule has 3 saturated carbocycles. The van der Waals surface area contributed by atoms with Crippen molar-refractivity contribution in [3.8, 4) is 0 Å². The Kier molecular flexibility index (Phi) is 33.1. The molecule has 6 amide bonds. The molecule has 2 aromatic carbocycles. The van der Waals surface area contributed by atoms with Gasteiger partial charge in [-0.1, -0.05) is 60.7 Å². The largest absolute Gasteiger partial charge is 0.453 e. The van der Waals surface area contributed by atoms with Crippen LogP contribution in [0.25, 0.3) is 33.1 Å². The first kappa shape index (κ1) is 94.9. The van der Waals surface area contributed by atoms with E-state index < -0.39 is 68.2 Å². The van der Waals surface area contributed by atoms with E-state index in [0.29, 0.717) is 109 Å². The summed E-state index contributed by atoms with van der Waals surface area (Å²) in [5.74, 6) is -0.511. The van der Waals surface area contributed by atoms with Crippen LogP contribution in [-0.2, 0) is 85.0 Å². The summed E-state index contributed by atoms with van der Waals surface area (Å²) in [6.45, 7) is 13.9. The van der Waals surface area contributed by atoms with Gasteiger partial charge in [-0.05, 0) is 160 Å². The second-order valence-electron chi connectivity index (χ2n) is 33.1. The minimum atomic E-state index is -4.43. The first-order valence-corrected chi connectivity index (χ1v) is 43.2. The number of alkyl carbamates (subject to hydrolysis) is 3. The van der Waals surface area contributed by atoms with Gasteiger partial charge in [0.15, 0.2) is 16.9 Å². The molecule has 0 radical (unpaired) electrons. The summed E-state index contributed by atoms with van der Waals surface area (Å²) in [6, 6.07) is 30.1. The summed E-state index contributed by atoms with van der Waals surface area (Å²) < 4.78 is 123. The molecule has 686 valence electrons. The maximum atomic E-state index is 14.2. The summed E-state index contributed by atoms with van der Waals surface area (Å²) >= 11 is 0. The van der Waals surface area contributed by atoms with Gasteiger partial charge in [-0.15, -0.1) is 0 Å². The third-order valence-corrected chi connectivity index (χ3v) is 23.2. The summed E-state index contributed by atoms with van der Waals surface area (Å²) in [4.78, 5) is 100. The minimum Gasteiger partial charge on any atom is -0.453 e. The van der Waals surface area contributed by atoms with Gasteiger partial charge in [-0.3, -0.25) is 24.2 Å². The van der Waals surface area contributed by atoms with Crippen molar-refractivity contribution in [2.75, 3.05) is 107 Å². The van der Waals surface area contributed by atoms with Crippen LogP contribution in [0, 0.1) is 26.7 Å². The predicted molar refractivity (Wildman–Crippen MR) is 451 cm³/mol. The summed E-state index contributed by atoms with van der Waals surface area (Å²) in [5.41, 5.74) is 9.12. The first-order valence-electron chi connectivity index (χ1n) is 43.2. The SMILES string of the molecule is COC(=O)NCCCn1nc([C@@H](C)N(C(=O)[C@H]2CC[C@@H](COCC(F)(F)F)CO2)C2CC2)c2ccc(C)nc21.COC(=O)NCCCn1nc([C@@H](C)N(C(=O)[C@H]2CN(Cc3ccccc3)[C@@H](CO)CO2)C2CC2)c2ccc(C)nc21.COC(=O)NCCCn1nc([C@@H](C)N(C(=O)[C@H]2CN(Cc3ccccc3)[C@@H](COCC(F)(F)F)CO2)C2CC2)c2ccc(C)nc21. The number of rotatable bonds is 35. The Bertz CT molecular complexity index is 4930. The molecule has 0 unspecified atom stereocenters. The van der Waals surface area contributed by atoms with Crippen LogP contribution in [0.4, 0.5) is 40.7 Å². The van der Waals surface area contributed by atoms with E-state index in [4.69, 9.17) is 48.9 Å². The molecule has 8 aromatic rings. The number of ether oxygens (including phenoxy) is 8. The number of aliphatic hydroxyl groups is 1. The lowest BCUT2D eigenvalue weighted by Gasteiger charge is -2.41. The van der Waals surface area contributed by atoms with E-state index in [0.717, 1.165) is 106 Å². The molecule has 3 aliphatic heterocycles. The molecular formula is C88H117F6N17O15. The van der Waals surface area contributed by atoms with Crippen molar-refractivity contribution in [3.05, 3.63) is 142 Å². The van der Waals surface area contributed by atoms with Crippen molar-refractivity contribution < 1.29 is 98.1 Å². The number of alkyl halides is 6. The number of morpholine rings is 2. The zero-order valence-corrected chi connectivity index (χ0v) is 72.9. The maximum absolute atomic E-state index is 14.2. The number of pyridine rings is 3. The van der Waals surface area contributed by atoms with Crippen LogP contribution in [0.5, 0.6) is 0 Å². The van der Waals surface area contributed by atoms with E-state index in [2.05, 4.69) is 52.2 Å². The quantitative estimate of drug-likeness (QED) is 0.0163. The van der Waals surface area contributed by atoms with Gasteiger partial charge in [-0.25, -0.2) is 43.4 Å². The lowest BCUT2D eigenvalue weighted by Crippen LogP contribution is -2.56. The molecule has 3 saturated heterocycles. The number of aliphatic hydroxyl groups excluding tert-OH is 1. The summed E-state index contributed by atoms with van der Waals surface area (Å²) in [5, 5.41) is 35.4. The molecule has 126 heavy (non-hydrogen) atoms.